The van der Waals surface area contributed by atoms with Gasteiger partial charge in [-0.2, -0.15) is 0 Å². The maximum atomic E-state index is 5.73. The molecule has 0 amide bonds. The quantitative estimate of drug-likeness (QED) is 0.857. The maximum Gasteiger partial charge on any atom is 0.222 e. The van der Waals surface area contributed by atoms with Crippen LogP contribution in [0.5, 0.6) is 11.6 Å². The van der Waals surface area contributed by atoms with Crippen LogP contribution in [0.15, 0.2) is 30.5 Å². The van der Waals surface area contributed by atoms with Crippen LogP contribution in [0.4, 0.5) is 5.69 Å². The third-order valence-electron chi connectivity index (χ3n) is 2.74. The van der Waals surface area contributed by atoms with Gasteiger partial charge < -0.3 is 10.5 Å². The lowest BCUT2D eigenvalue weighted by molar-refractivity contribution is 0.458. The monoisotopic (exact) mass is 228 g/mol. The molecule has 0 unspecified atom stereocenters. The second kappa shape index (κ2) is 4.45. The first-order chi connectivity index (χ1) is 8.06. The lowest BCUT2D eigenvalue weighted by atomic mass is 10.1. The highest BCUT2D eigenvalue weighted by atomic mass is 16.5. The van der Waals surface area contributed by atoms with E-state index >= 15 is 0 Å². The third kappa shape index (κ3) is 2.56. The number of nitrogens with zero attached hydrogens (tertiary/aromatic N) is 1. The molecule has 0 radical (unpaired) electrons. The molecule has 1 aromatic carbocycles. The van der Waals surface area contributed by atoms with Gasteiger partial charge in [0, 0.05) is 5.56 Å². The van der Waals surface area contributed by atoms with Crippen molar-refractivity contribution < 1.29 is 4.74 Å². The Morgan fingerprint density at radius 1 is 1.00 bits per heavy atom. The van der Waals surface area contributed by atoms with Gasteiger partial charge in [0.25, 0.3) is 0 Å². The zero-order valence-corrected chi connectivity index (χ0v) is 10.3. The summed E-state index contributed by atoms with van der Waals surface area (Å²) >= 11 is 0. The molecule has 0 fully saturated rings. The molecule has 17 heavy (non-hydrogen) atoms. The number of pyridine rings is 1. The summed E-state index contributed by atoms with van der Waals surface area (Å²) in [6, 6.07) is 7.84. The van der Waals surface area contributed by atoms with Crippen molar-refractivity contribution in [2.45, 2.75) is 20.8 Å². The largest absolute Gasteiger partial charge is 0.439 e. The van der Waals surface area contributed by atoms with Crippen molar-refractivity contribution in [3.8, 4) is 11.6 Å². The number of ether oxygens (including phenoxy) is 1. The second-order valence-corrected chi connectivity index (χ2v) is 4.24. The van der Waals surface area contributed by atoms with Crippen LogP contribution in [-0.2, 0) is 0 Å². The van der Waals surface area contributed by atoms with Gasteiger partial charge in [0.15, 0.2) is 0 Å². The van der Waals surface area contributed by atoms with Crippen molar-refractivity contribution in [1.82, 2.24) is 4.98 Å². The number of aromatic nitrogens is 1. The van der Waals surface area contributed by atoms with E-state index in [2.05, 4.69) is 18.8 Å². The Kier molecular flexibility index (Phi) is 3.00. The number of anilines is 1. The minimum atomic E-state index is 0.599. The molecule has 0 aliphatic heterocycles. The van der Waals surface area contributed by atoms with Crippen LogP contribution >= 0.6 is 0 Å². The molecule has 0 aliphatic carbocycles. The summed E-state index contributed by atoms with van der Waals surface area (Å²) in [5, 5.41) is 0. The summed E-state index contributed by atoms with van der Waals surface area (Å²) in [4.78, 5) is 4.18. The summed E-state index contributed by atoms with van der Waals surface area (Å²) in [6.45, 7) is 6.07. The molecule has 0 aliphatic rings. The molecule has 0 bridgehead atoms. The highest BCUT2D eigenvalue weighted by molar-refractivity contribution is 5.43. The SMILES string of the molecule is Cc1ccc(Oc2ncc(N)cc2C)cc1C. The Bertz CT molecular complexity index is 550. The van der Waals surface area contributed by atoms with Crippen LogP contribution in [0, 0.1) is 20.8 Å². The van der Waals surface area contributed by atoms with E-state index < -0.39 is 0 Å². The molecule has 3 heteroatoms. The predicted molar refractivity (Wildman–Crippen MR) is 69.4 cm³/mol. The van der Waals surface area contributed by atoms with Gasteiger partial charge in [0.05, 0.1) is 11.9 Å². The van der Waals surface area contributed by atoms with Gasteiger partial charge in [-0.3, -0.25) is 0 Å². The van der Waals surface area contributed by atoms with E-state index in [0.717, 1.165) is 11.3 Å². The van der Waals surface area contributed by atoms with Crippen LogP contribution in [-0.4, -0.2) is 4.98 Å². The van der Waals surface area contributed by atoms with Crippen molar-refractivity contribution >= 4 is 5.69 Å². The van der Waals surface area contributed by atoms with Crippen molar-refractivity contribution in [2.75, 3.05) is 5.73 Å². The molecule has 2 rings (SSSR count). The molecule has 0 saturated heterocycles. The third-order valence-corrected chi connectivity index (χ3v) is 2.74. The van der Waals surface area contributed by atoms with Gasteiger partial charge >= 0.3 is 0 Å². The molecular weight excluding hydrogens is 212 g/mol. The van der Waals surface area contributed by atoms with Crippen LogP contribution in [0.2, 0.25) is 0 Å². The number of benzene rings is 1. The minimum Gasteiger partial charge on any atom is -0.439 e. The topological polar surface area (TPSA) is 48.1 Å². The maximum absolute atomic E-state index is 5.73. The van der Waals surface area contributed by atoms with Gasteiger partial charge in [0.1, 0.15) is 5.75 Å². The molecule has 1 aromatic heterocycles. The van der Waals surface area contributed by atoms with Crippen LogP contribution in [0.3, 0.4) is 0 Å². The summed E-state index contributed by atoms with van der Waals surface area (Å²) in [7, 11) is 0. The fourth-order valence-electron chi connectivity index (χ4n) is 1.58. The summed E-state index contributed by atoms with van der Waals surface area (Å²) in [5.74, 6) is 1.40. The van der Waals surface area contributed by atoms with E-state index in [1.165, 1.54) is 11.1 Å². The van der Waals surface area contributed by atoms with Gasteiger partial charge in [-0.25, -0.2) is 4.98 Å². The predicted octanol–water partition coefficient (Wildman–Crippen LogP) is 3.38. The van der Waals surface area contributed by atoms with Gasteiger partial charge in [-0.15, -0.1) is 0 Å². The summed E-state index contributed by atoms with van der Waals surface area (Å²) in [6.07, 6.45) is 1.60. The van der Waals surface area contributed by atoms with Gasteiger partial charge in [-0.05, 0) is 50.1 Å². The number of hydrogen-bond donors (Lipinski definition) is 1. The van der Waals surface area contributed by atoms with Crippen LogP contribution < -0.4 is 10.5 Å². The van der Waals surface area contributed by atoms with E-state index in [1.807, 2.05) is 31.2 Å². The highest BCUT2D eigenvalue weighted by Gasteiger charge is 2.04. The smallest absolute Gasteiger partial charge is 0.222 e. The minimum absolute atomic E-state index is 0.599. The zero-order chi connectivity index (χ0) is 12.4. The number of aryl methyl sites for hydroxylation is 3. The normalized spacial score (nSPS) is 10.3. The fraction of sp³-hybridized carbons (Fsp3) is 0.214. The summed E-state index contributed by atoms with van der Waals surface area (Å²) < 4.78 is 5.73. The highest BCUT2D eigenvalue weighted by Crippen LogP contribution is 2.25. The standard InChI is InChI=1S/C14H16N2O/c1-9-4-5-13(7-10(9)2)17-14-11(3)6-12(15)8-16-14/h4-8H,15H2,1-3H3. The van der Waals surface area contributed by atoms with Crippen LogP contribution in [0.1, 0.15) is 16.7 Å². The number of rotatable bonds is 2. The lowest BCUT2D eigenvalue weighted by Crippen LogP contribution is -1.94. The van der Waals surface area contributed by atoms with E-state index in [-0.39, 0.29) is 0 Å². The van der Waals surface area contributed by atoms with E-state index in [9.17, 15) is 0 Å². The molecule has 2 aromatic rings. The Morgan fingerprint density at radius 2 is 1.76 bits per heavy atom. The van der Waals surface area contributed by atoms with Crippen molar-refractivity contribution in [2.24, 2.45) is 0 Å². The summed E-state index contributed by atoms with van der Waals surface area (Å²) in [5.41, 5.74) is 9.68. The van der Waals surface area contributed by atoms with Gasteiger partial charge in [-0.1, -0.05) is 6.07 Å². The second-order valence-electron chi connectivity index (χ2n) is 4.24. The average molecular weight is 228 g/mol. The first-order valence-electron chi connectivity index (χ1n) is 5.53. The molecule has 2 N–H and O–H groups in total. The van der Waals surface area contributed by atoms with E-state index in [0.29, 0.717) is 11.6 Å². The zero-order valence-electron chi connectivity index (χ0n) is 10.3. The number of nitrogen functional groups attached to an aromatic ring is 1. The Hall–Kier alpha value is -2.03. The molecule has 3 nitrogen and oxygen atoms in total. The number of hydrogen-bond acceptors (Lipinski definition) is 3. The molecular formula is C14H16N2O. The van der Waals surface area contributed by atoms with E-state index in [4.69, 9.17) is 10.5 Å². The Morgan fingerprint density at radius 3 is 2.41 bits per heavy atom. The van der Waals surface area contributed by atoms with Crippen molar-refractivity contribution in [3.63, 3.8) is 0 Å². The molecule has 88 valence electrons. The van der Waals surface area contributed by atoms with Crippen molar-refractivity contribution in [3.05, 3.63) is 47.2 Å². The molecule has 1 heterocycles. The van der Waals surface area contributed by atoms with E-state index in [1.54, 1.807) is 6.20 Å². The number of nitrogens with two attached hydrogens (primary N) is 1. The average Bonchev–Trinajstić information content (AvgIpc) is 2.27. The Labute approximate surface area is 101 Å². The van der Waals surface area contributed by atoms with Crippen molar-refractivity contribution in [1.29, 1.82) is 0 Å². The molecule has 0 atom stereocenters. The van der Waals surface area contributed by atoms with Crippen LogP contribution in [0.25, 0.3) is 0 Å². The first kappa shape index (κ1) is 11.5. The first-order valence-corrected chi connectivity index (χ1v) is 5.53. The fourth-order valence-corrected chi connectivity index (χ4v) is 1.58. The van der Waals surface area contributed by atoms with Gasteiger partial charge in [0.2, 0.25) is 5.88 Å². The molecule has 0 saturated carbocycles. The molecule has 0 spiro atoms. The Balaban J connectivity index is 2.28. The lowest BCUT2D eigenvalue weighted by Gasteiger charge is -2.09.